The van der Waals surface area contributed by atoms with Crippen LogP contribution in [0.3, 0.4) is 0 Å². The Morgan fingerprint density at radius 3 is 2.64 bits per heavy atom. The van der Waals surface area contributed by atoms with E-state index in [9.17, 15) is 5.11 Å². The molecule has 7 heteroatoms. The van der Waals surface area contributed by atoms with Crippen molar-refractivity contribution in [3.63, 3.8) is 0 Å². The molecule has 0 fully saturated rings. The van der Waals surface area contributed by atoms with Gasteiger partial charge in [0.1, 0.15) is 15.4 Å². The number of aliphatic hydroxyl groups is 1. The summed E-state index contributed by atoms with van der Waals surface area (Å²) < 4.78 is 0.552. The molecule has 0 aliphatic carbocycles. The predicted molar refractivity (Wildman–Crippen MR) is 57.7 cm³/mol. The molecule has 0 aromatic carbocycles. The van der Waals surface area contributed by atoms with Crippen LogP contribution in [-0.2, 0) is 0 Å². The molecule has 0 amide bonds. The first-order chi connectivity index (χ1) is 6.66. The highest BCUT2D eigenvalue weighted by Gasteiger charge is 2.16. The number of halogens is 1. The topological polar surface area (TPSA) is 72.0 Å². The van der Waals surface area contributed by atoms with Crippen LogP contribution < -0.4 is 5.73 Å². The zero-order chi connectivity index (χ0) is 10.1. The number of anilines is 1. The molecule has 0 saturated heterocycles. The van der Waals surface area contributed by atoms with Crippen molar-refractivity contribution in [2.24, 2.45) is 0 Å². The molecule has 2 rings (SSSR count). The van der Waals surface area contributed by atoms with Crippen molar-refractivity contribution in [2.75, 3.05) is 5.73 Å². The van der Waals surface area contributed by atoms with Gasteiger partial charge in [-0.3, -0.25) is 0 Å². The minimum atomic E-state index is -0.776. The van der Waals surface area contributed by atoms with E-state index in [0.29, 0.717) is 19.4 Å². The number of nitrogens with zero attached hydrogens (tertiary/aromatic N) is 2. The van der Waals surface area contributed by atoms with Crippen molar-refractivity contribution in [3.8, 4) is 0 Å². The molecule has 2 heterocycles. The van der Waals surface area contributed by atoms with Gasteiger partial charge in [-0.25, -0.2) is 9.97 Å². The van der Waals surface area contributed by atoms with Crippen LogP contribution in [0.15, 0.2) is 12.4 Å². The van der Waals surface area contributed by atoms with E-state index in [-0.39, 0.29) is 0 Å². The van der Waals surface area contributed by atoms with Crippen molar-refractivity contribution < 1.29 is 5.11 Å². The van der Waals surface area contributed by atoms with Gasteiger partial charge in [0.25, 0.3) is 0 Å². The van der Waals surface area contributed by atoms with Crippen LogP contribution in [0.4, 0.5) is 5.13 Å². The van der Waals surface area contributed by atoms with E-state index in [1.165, 1.54) is 28.9 Å². The summed E-state index contributed by atoms with van der Waals surface area (Å²) in [7, 11) is 0. The van der Waals surface area contributed by atoms with Crippen molar-refractivity contribution in [1.82, 2.24) is 9.97 Å². The fraction of sp³-hybridized carbons (Fsp3) is 0.143. The van der Waals surface area contributed by atoms with E-state index in [4.69, 9.17) is 17.3 Å². The first kappa shape index (κ1) is 9.85. The smallest absolute Gasteiger partial charge is 0.180 e. The van der Waals surface area contributed by atoms with Gasteiger partial charge < -0.3 is 10.8 Å². The highest BCUT2D eigenvalue weighted by molar-refractivity contribution is 7.17. The minimum absolute atomic E-state index is 0.432. The lowest BCUT2D eigenvalue weighted by atomic mass is 10.3. The molecule has 2 aromatic rings. The van der Waals surface area contributed by atoms with Crippen molar-refractivity contribution >= 4 is 39.4 Å². The molecule has 0 radical (unpaired) electrons. The first-order valence-corrected chi connectivity index (χ1v) is 5.68. The summed E-state index contributed by atoms with van der Waals surface area (Å²) in [5.41, 5.74) is 5.45. The largest absolute Gasteiger partial charge is 0.380 e. The van der Waals surface area contributed by atoms with Crippen molar-refractivity contribution in [3.05, 3.63) is 26.6 Å². The second-order valence-corrected chi connectivity index (χ2v) is 5.29. The van der Waals surface area contributed by atoms with Gasteiger partial charge >= 0.3 is 0 Å². The van der Waals surface area contributed by atoms with Gasteiger partial charge in [0.15, 0.2) is 5.13 Å². The summed E-state index contributed by atoms with van der Waals surface area (Å²) in [4.78, 5) is 8.50. The molecule has 1 unspecified atom stereocenters. The van der Waals surface area contributed by atoms with Crippen LogP contribution in [0, 0.1) is 0 Å². The van der Waals surface area contributed by atoms with Crippen LogP contribution in [-0.4, -0.2) is 15.1 Å². The van der Waals surface area contributed by atoms with Gasteiger partial charge in [-0.05, 0) is 0 Å². The fourth-order valence-corrected chi connectivity index (χ4v) is 2.63. The lowest BCUT2D eigenvalue weighted by Crippen LogP contribution is -1.95. The summed E-state index contributed by atoms with van der Waals surface area (Å²) in [6.07, 6.45) is 2.28. The molecule has 0 spiro atoms. The maximum absolute atomic E-state index is 9.82. The number of aromatic nitrogens is 2. The van der Waals surface area contributed by atoms with E-state index < -0.39 is 6.10 Å². The number of nitrogens with two attached hydrogens (primary N) is 1. The third kappa shape index (κ3) is 1.88. The molecule has 0 bridgehead atoms. The van der Waals surface area contributed by atoms with E-state index in [1.807, 2.05) is 0 Å². The van der Waals surface area contributed by atoms with Gasteiger partial charge in [-0.1, -0.05) is 22.9 Å². The molecular weight excluding hydrogens is 242 g/mol. The maximum Gasteiger partial charge on any atom is 0.180 e. The molecule has 0 saturated carbocycles. The normalized spacial score (nSPS) is 13.0. The maximum atomic E-state index is 9.82. The number of hydrogen-bond acceptors (Lipinski definition) is 6. The Morgan fingerprint density at radius 2 is 2.14 bits per heavy atom. The third-order valence-corrected chi connectivity index (χ3v) is 3.59. The average molecular weight is 248 g/mol. The molecule has 0 aliphatic heterocycles. The second kappa shape index (κ2) is 3.82. The standard InChI is InChI=1S/C7H6ClN3OS2/c8-4-2-10-6(14-4)5(12)3-1-11-7(9)13-3/h1-2,5,12H,(H2,9,11). The Hall–Kier alpha value is -0.690. The zero-order valence-corrected chi connectivity index (χ0v) is 9.23. The third-order valence-electron chi connectivity index (χ3n) is 1.54. The Kier molecular flexibility index (Phi) is 2.69. The Bertz CT molecular complexity index is 401. The Balaban J connectivity index is 2.28. The van der Waals surface area contributed by atoms with Crippen LogP contribution in [0.2, 0.25) is 4.34 Å². The van der Waals surface area contributed by atoms with Gasteiger partial charge in [-0.2, -0.15) is 0 Å². The summed E-state index contributed by atoms with van der Waals surface area (Å²) in [6, 6.07) is 0. The van der Waals surface area contributed by atoms with Gasteiger partial charge in [0, 0.05) is 6.20 Å². The molecule has 74 valence electrons. The molecule has 4 nitrogen and oxygen atoms in total. The monoisotopic (exact) mass is 247 g/mol. The van der Waals surface area contributed by atoms with E-state index in [1.54, 1.807) is 6.20 Å². The molecule has 3 N–H and O–H groups in total. The summed E-state index contributed by atoms with van der Waals surface area (Å²) in [6.45, 7) is 0. The predicted octanol–water partition coefficient (Wildman–Crippen LogP) is 1.92. The summed E-state index contributed by atoms with van der Waals surface area (Å²) >= 11 is 8.19. The van der Waals surface area contributed by atoms with Gasteiger partial charge in [0.2, 0.25) is 0 Å². The second-order valence-electron chi connectivity index (χ2n) is 2.51. The van der Waals surface area contributed by atoms with Crippen LogP contribution in [0.1, 0.15) is 16.0 Å². The number of aliphatic hydroxyl groups excluding tert-OH is 1. The van der Waals surface area contributed by atoms with Crippen LogP contribution >= 0.6 is 34.3 Å². The van der Waals surface area contributed by atoms with Gasteiger partial charge in [0.05, 0.1) is 11.1 Å². The molecule has 14 heavy (non-hydrogen) atoms. The van der Waals surface area contributed by atoms with Crippen LogP contribution in [0.5, 0.6) is 0 Å². The van der Waals surface area contributed by atoms with Crippen molar-refractivity contribution in [2.45, 2.75) is 6.10 Å². The number of hydrogen-bond donors (Lipinski definition) is 2. The van der Waals surface area contributed by atoms with Gasteiger partial charge in [-0.15, -0.1) is 11.3 Å². The minimum Gasteiger partial charge on any atom is -0.380 e. The molecule has 2 aromatic heterocycles. The lowest BCUT2D eigenvalue weighted by Gasteiger charge is -2.01. The highest BCUT2D eigenvalue weighted by Crippen LogP contribution is 2.31. The zero-order valence-electron chi connectivity index (χ0n) is 6.85. The van der Waals surface area contributed by atoms with Crippen LogP contribution in [0.25, 0.3) is 0 Å². The Labute approximate surface area is 93.0 Å². The van der Waals surface area contributed by atoms with E-state index >= 15 is 0 Å². The lowest BCUT2D eigenvalue weighted by molar-refractivity contribution is 0.223. The Morgan fingerprint density at radius 1 is 1.36 bits per heavy atom. The summed E-state index contributed by atoms with van der Waals surface area (Å²) in [5.74, 6) is 0. The van der Waals surface area contributed by atoms with Crippen molar-refractivity contribution in [1.29, 1.82) is 0 Å². The average Bonchev–Trinajstić information content (AvgIpc) is 2.73. The molecule has 0 aliphatic rings. The highest BCUT2D eigenvalue weighted by atomic mass is 35.5. The fourth-order valence-electron chi connectivity index (χ4n) is 0.942. The molecular formula is C7H6ClN3OS2. The van der Waals surface area contributed by atoms with E-state index in [2.05, 4.69) is 9.97 Å². The SMILES string of the molecule is Nc1ncc(C(O)c2ncc(Cl)s2)s1. The molecule has 1 atom stereocenters. The quantitative estimate of drug-likeness (QED) is 0.851. The number of thiazole rings is 2. The number of rotatable bonds is 2. The number of nitrogen functional groups attached to an aromatic ring is 1. The van der Waals surface area contributed by atoms with E-state index in [0.717, 1.165) is 0 Å². The summed E-state index contributed by atoms with van der Waals surface area (Å²) in [5, 5.41) is 10.8. The first-order valence-electron chi connectivity index (χ1n) is 3.67.